The summed E-state index contributed by atoms with van der Waals surface area (Å²) in [5.41, 5.74) is 5.07. The molecule has 0 aromatic rings. The van der Waals surface area contributed by atoms with Crippen molar-refractivity contribution in [3.8, 4) is 0 Å². The van der Waals surface area contributed by atoms with Gasteiger partial charge in [-0.3, -0.25) is 0 Å². The van der Waals surface area contributed by atoms with Crippen molar-refractivity contribution in [1.29, 1.82) is 0 Å². The maximum atomic E-state index is 10.7. The molecule has 0 bridgehead atoms. The molecule has 1 unspecified atom stereocenters. The molecular weight excluding hydrogens is 196 g/mol. The third-order valence-electron chi connectivity index (χ3n) is 4.61. The Balaban J connectivity index is 3.33. The zero-order valence-electron chi connectivity index (χ0n) is 12.0. The van der Waals surface area contributed by atoms with Crippen LogP contribution in [-0.2, 0) is 0 Å². The van der Waals surface area contributed by atoms with Crippen molar-refractivity contribution in [2.45, 2.75) is 61.5 Å². The molecule has 1 rings (SSSR count). The average molecular weight is 222 g/mol. The highest BCUT2D eigenvalue weighted by atomic mass is 16.3. The highest BCUT2D eigenvalue weighted by Gasteiger charge is 2.46. The molecule has 1 atom stereocenters. The first-order chi connectivity index (χ1) is 7.04. The van der Waals surface area contributed by atoms with Crippen LogP contribution in [0.15, 0.2) is 22.3 Å². The number of hydrogen-bond donors (Lipinski definition) is 1. The van der Waals surface area contributed by atoms with E-state index >= 15 is 0 Å². The van der Waals surface area contributed by atoms with Gasteiger partial charge in [-0.05, 0) is 51.2 Å². The van der Waals surface area contributed by atoms with Crippen LogP contribution in [0.4, 0.5) is 0 Å². The van der Waals surface area contributed by atoms with E-state index in [-0.39, 0.29) is 16.9 Å². The van der Waals surface area contributed by atoms with E-state index in [9.17, 15) is 5.11 Å². The van der Waals surface area contributed by atoms with Gasteiger partial charge in [0, 0.05) is 5.41 Å². The molecule has 0 amide bonds. The largest absolute Gasteiger partial charge is 0.391 e. The molecule has 1 aliphatic rings. The van der Waals surface area contributed by atoms with Crippen LogP contribution in [0.5, 0.6) is 0 Å². The first-order valence-electron chi connectivity index (χ1n) is 6.09. The van der Waals surface area contributed by atoms with Crippen molar-refractivity contribution in [3.05, 3.63) is 22.3 Å². The number of hydrogen-bond acceptors (Lipinski definition) is 1. The van der Waals surface area contributed by atoms with Crippen LogP contribution in [0.25, 0.3) is 0 Å². The molecule has 0 saturated heterocycles. The fourth-order valence-electron chi connectivity index (χ4n) is 2.90. The topological polar surface area (TPSA) is 20.2 Å². The van der Waals surface area contributed by atoms with Gasteiger partial charge in [0.25, 0.3) is 0 Å². The second-order valence-electron chi connectivity index (χ2n) is 6.47. The fourth-order valence-corrected chi connectivity index (χ4v) is 2.90. The van der Waals surface area contributed by atoms with Crippen LogP contribution in [0.2, 0.25) is 0 Å². The minimum atomic E-state index is -0.340. The smallest absolute Gasteiger partial charge is 0.0716 e. The molecule has 16 heavy (non-hydrogen) atoms. The molecule has 92 valence electrons. The molecule has 0 aliphatic heterocycles. The molecule has 1 N–H and O–H groups in total. The molecule has 0 aromatic carbocycles. The van der Waals surface area contributed by atoms with E-state index in [1.165, 1.54) is 22.3 Å². The van der Waals surface area contributed by atoms with Crippen LogP contribution in [0.3, 0.4) is 0 Å². The summed E-state index contributed by atoms with van der Waals surface area (Å²) in [6.07, 6.45) is -0.340. The second-order valence-corrected chi connectivity index (χ2v) is 6.47. The van der Waals surface area contributed by atoms with Crippen LogP contribution in [0.1, 0.15) is 55.4 Å². The first kappa shape index (κ1) is 13.5. The molecule has 0 spiro atoms. The maximum absolute atomic E-state index is 10.7. The zero-order chi connectivity index (χ0) is 12.9. The highest BCUT2D eigenvalue weighted by Crippen LogP contribution is 2.52. The summed E-state index contributed by atoms with van der Waals surface area (Å²) in [5, 5.41) is 10.7. The van der Waals surface area contributed by atoms with Crippen LogP contribution >= 0.6 is 0 Å². The van der Waals surface area contributed by atoms with Crippen molar-refractivity contribution >= 4 is 0 Å². The van der Waals surface area contributed by atoms with Gasteiger partial charge in [-0.1, -0.05) is 31.9 Å². The highest BCUT2D eigenvalue weighted by molar-refractivity contribution is 5.51. The summed E-state index contributed by atoms with van der Waals surface area (Å²) >= 11 is 0. The van der Waals surface area contributed by atoms with Gasteiger partial charge >= 0.3 is 0 Å². The molecule has 1 nitrogen and oxygen atoms in total. The van der Waals surface area contributed by atoms with Gasteiger partial charge in [-0.2, -0.15) is 0 Å². The monoisotopic (exact) mass is 222 g/mol. The fraction of sp³-hybridized carbons (Fsp3) is 0.733. The third-order valence-corrected chi connectivity index (χ3v) is 4.61. The summed E-state index contributed by atoms with van der Waals surface area (Å²) in [7, 11) is 0. The van der Waals surface area contributed by atoms with Crippen LogP contribution in [-0.4, -0.2) is 11.2 Å². The molecule has 1 heteroatoms. The van der Waals surface area contributed by atoms with E-state index in [2.05, 4.69) is 55.4 Å². The van der Waals surface area contributed by atoms with Gasteiger partial charge in [-0.25, -0.2) is 0 Å². The van der Waals surface area contributed by atoms with Crippen molar-refractivity contribution in [2.75, 3.05) is 0 Å². The number of allylic oxidation sites excluding steroid dienone is 2. The lowest BCUT2D eigenvalue weighted by Crippen LogP contribution is -2.42. The summed E-state index contributed by atoms with van der Waals surface area (Å²) in [6, 6.07) is 0. The minimum absolute atomic E-state index is 0.0951. The Morgan fingerprint density at radius 2 is 1.25 bits per heavy atom. The average Bonchev–Trinajstić information content (AvgIpc) is 2.33. The van der Waals surface area contributed by atoms with Gasteiger partial charge in [0.1, 0.15) is 0 Å². The number of rotatable bonds is 1. The Labute approximate surface area is 100 Å². The Morgan fingerprint density at radius 3 is 1.50 bits per heavy atom. The van der Waals surface area contributed by atoms with Crippen molar-refractivity contribution < 1.29 is 5.11 Å². The van der Waals surface area contributed by atoms with Gasteiger partial charge < -0.3 is 5.11 Å². The van der Waals surface area contributed by atoms with Crippen LogP contribution < -0.4 is 0 Å². The predicted octanol–water partition coefficient (Wildman–Crippen LogP) is 4.09. The van der Waals surface area contributed by atoms with Crippen molar-refractivity contribution in [1.82, 2.24) is 0 Å². The third kappa shape index (κ3) is 1.66. The second kappa shape index (κ2) is 3.73. The maximum Gasteiger partial charge on any atom is 0.0716 e. The SMILES string of the molecule is CC1=C(C)C(C)(C(O)C(C)(C)C)C(C)=C1C. The normalized spacial score (nSPS) is 23.1. The lowest BCUT2D eigenvalue weighted by atomic mass is 9.66. The molecular formula is C15H26O. The minimum Gasteiger partial charge on any atom is -0.391 e. The molecule has 1 aliphatic carbocycles. The predicted molar refractivity (Wildman–Crippen MR) is 70.3 cm³/mol. The Bertz CT molecular complexity index is 339. The lowest BCUT2D eigenvalue weighted by molar-refractivity contribution is -0.00510. The van der Waals surface area contributed by atoms with E-state index in [0.717, 1.165) is 0 Å². The molecule has 0 radical (unpaired) electrons. The quantitative estimate of drug-likeness (QED) is 0.708. The summed E-state index contributed by atoms with van der Waals surface area (Å²) < 4.78 is 0. The van der Waals surface area contributed by atoms with E-state index in [1.54, 1.807) is 0 Å². The molecule has 0 aromatic heterocycles. The van der Waals surface area contributed by atoms with E-state index in [0.29, 0.717) is 0 Å². The Hall–Kier alpha value is -0.560. The standard InChI is InChI=1S/C15H26O/c1-9-10(2)12(4)15(8,11(9)3)13(16)14(5,6)7/h13,16H,1-8H3. The van der Waals surface area contributed by atoms with Crippen molar-refractivity contribution in [2.24, 2.45) is 10.8 Å². The first-order valence-corrected chi connectivity index (χ1v) is 6.09. The van der Waals surface area contributed by atoms with Gasteiger partial charge in [0.2, 0.25) is 0 Å². The van der Waals surface area contributed by atoms with E-state index in [4.69, 9.17) is 0 Å². The number of aliphatic hydroxyl groups is 1. The molecule has 0 heterocycles. The lowest BCUT2D eigenvalue weighted by Gasteiger charge is -2.41. The van der Waals surface area contributed by atoms with Gasteiger partial charge in [0.05, 0.1) is 6.10 Å². The molecule has 0 fully saturated rings. The van der Waals surface area contributed by atoms with Crippen molar-refractivity contribution in [3.63, 3.8) is 0 Å². The van der Waals surface area contributed by atoms with Gasteiger partial charge in [0.15, 0.2) is 0 Å². The Kier molecular flexibility index (Phi) is 3.15. The molecule has 0 saturated carbocycles. The summed E-state index contributed by atoms with van der Waals surface area (Å²) in [4.78, 5) is 0. The van der Waals surface area contributed by atoms with Gasteiger partial charge in [-0.15, -0.1) is 0 Å². The number of aliphatic hydroxyl groups excluding tert-OH is 1. The zero-order valence-corrected chi connectivity index (χ0v) is 12.0. The van der Waals surface area contributed by atoms with E-state index in [1.807, 2.05) is 0 Å². The Morgan fingerprint density at radius 1 is 0.938 bits per heavy atom. The summed E-state index contributed by atoms with van der Waals surface area (Å²) in [6.45, 7) is 17.1. The van der Waals surface area contributed by atoms with E-state index < -0.39 is 0 Å². The van der Waals surface area contributed by atoms with Crippen LogP contribution in [0, 0.1) is 10.8 Å². The summed E-state index contributed by atoms with van der Waals surface area (Å²) in [5.74, 6) is 0.